The van der Waals surface area contributed by atoms with E-state index in [1.54, 1.807) is 18.0 Å². The van der Waals surface area contributed by atoms with E-state index >= 15 is 0 Å². The highest BCUT2D eigenvalue weighted by Gasteiger charge is 2.36. The van der Waals surface area contributed by atoms with Gasteiger partial charge in [0.1, 0.15) is 17.0 Å². The van der Waals surface area contributed by atoms with Crippen molar-refractivity contribution in [2.24, 2.45) is 5.92 Å². The number of fused-ring (bicyclic) bond motifs is 1. The normalized spacial score (nSPS) is 19.6. The number of furan rings is 1. The molecule has 5 heteroatoms. The number of aromatic nitrogens is 1. The molecule has 2 unspecified atom stereocenters. The van der Waals surface area contributed by atoms with E-state index in [9.17, 15) is 4.79 Å². The minimum absolute atomic E-state index is 0.125. The summed E-state index contributed by atoms with van der Waals surface area (Å²) in [5.41, 5.74) is 1.49. The van der Waals surface area contributed by atoms with Gasteiger partial charge in [-0.3, -0.25) is 4.79 Å². The predicted molar refractivity (Wildman–Crippen MR) is 94.7 cm³/mol. The Morgan fingerprint density at radius 1 is 1.28 bits per heavy atom. The number of amides is 1. The molecule has 2 aromatic heterocycles. The number of carbonyl (C=O) groups excluding carboxylic acids is 1. The van der Waals surface area contributed by atoms with E-state index in [1.165, 1.54) is 12.5 Å². The summed E-state index contributed by atoms with van der Waals surface area (Å²) in [6, 6.07) is 11.5. The van der Waals surface area contributed by atoms with Crippen LogP contribution in [-0.2, 0) is 11.3 Å². The maximum absolute atomic E-state index is 12.3. The van der Waals surface area contributed by atoms with Crippen LogP contribution in [0.25, 0.3) is 17.2 Å². The molecule has 1 aliphatic rings. The van der Waals surface area contributed by atoms with Gasteiger partial charge in [0.2, 0.25) is 11.8 Å². The van der Waals surface area contributed by atoms with Crippen LogP contribution in [0.1, 0.15) is 36.7 Å². The van der Waals surface area contributed by atoms with Crippen LogP contribution in [-0.4, -0.2) is 22.8 Å². The minimum atomic E-state index is -0.125. The number of para-hydroxylation sites is 2. The Balaban J connectivity index is 1.39. The fourth-order valence-corrected chi connectivity index (χ4v) is 2.94. The second-order valence-electron chi connectivity index (χ2n) is 6.67. The summed E-state index contributed by atoms with van der Waals surface area (Å²) in [4.78, 5) is 18.2. The molecule has 1 aliphatic carbocycles. The average molecular weight is 336 g/mol. The van der Waals surface area contributed by atoms with Crippen molar-refractivity contribution in [3.63, 3.8) is 0 Å². The largest absolute Gasteiger partial charge is 0.464 e. The fraction of sp³-hybridized carbons (Fsp3) is 0.300. The molecule has 2 heterocycles. The monoisotopic (exact) mass is 336 g/mol. The number of oxazole rings is 1. The molecular formula is C20H20N2O3. The van der Waals surface area contributed by atoms with Crippen LogP contribution in [0, 0.1) is 5.92 Å². The number of hydrogen-bond donors (Lipinski definition) is 0. The van der Waals surface area contributed by atoms with Gasteiger partial charge in [0.05, 0.1) is 6.54 Å². The lowest BCUT2D eigenvalue weighted by Gasteiger charge is -2.12. The molecule has 128 valence electrons. The van der Waals surface area contributed by atoms with Crippen LogP contribution in [0.3, 0.4) is 0 Å². The van der Waals surface area contributed by atoms with Crippen LogP contribution in [0.4, 0.5) is 0 Å². The van der Waals surface area contributed by atoms with E-state index in [4.69, 9.17) is 8.83 Å². The van der Waals surface area contributed by atoms with Crippen LogP contribution in [0.2, 0.25) is 0 Å². The van der Waals surface area contributed by atoms with Gasteiger partial charge >= 0.3 is 0 Å². The highest BCUT2D eigenvalue weighted by Crippen LogP contribution is 2.47. The third-order valence-corrected chi connectivity index (χ3v) is 4.61. The van der Waals surface area contributed by atoms with Crippen LogP contribution >= 0.6 is 0 Å². The zero-order valence-electron chi connectivity index (χ0n) is 14.3. The summed E-state index contributed by atoms with van der Waals surface area (Å²) in [6.07, 6.45) is 4.25. The van der Waals surface area contributed by atoms with Crippen LogP contribution in [0.15, 0.2) is 51.3 Å². The summed E-state index contributed by atoms with van der Waals surface area (Å²) < 4.78 is 11.4. The van der Waals surface area contributed by atoms with Crippen molar-refractivity contribution in [2.45, 2.75) is 25.8 Å². The van der Waals surface area contributed by atoms with E-state index < -0.39 is 0 Å². The van der Waals surface area contributed by atoms with E-state index in [2.05, 4.69) is 11.9 Å². The fourth-order valence-electron chi connectivity index (χ4n) is 2.94. The summed E-state index contributed by atoms with van der Waals surface area (Å²) in [5.74, 6) is 3.39. The first-order chi connectivity index (χ1) is 12.1. The molecule has 0 radical (unpaired) electrons. The van der Waals surface area contributed by atoms with Gasteiger partial charge in [-0.1, -0.05) is 19.1 Å². The summed E-state index contributed by atoms with van der Waals surface area (Å²) in [7, 11) is 1.75. The number of hydrogen-bond acceptors (Lipinski definition) is 4. The Morgan fingerprint density at radius 3 is 2.84 bits per heavy atom. The Hall–Kier alpha value is -2.82. The number of benzene rings is 1. The Labute approximate surface area is 145 Å². The minimum Gasteiger partial charge on any atom is -0.464 e. The van der Waals surface area contributed by atoms with Gasteiger partial charge < -0.3 is 13.7 Å². The number of nitrogens with zero attached hydrogens (tertiary/aromatic N) is 2. The zero-order valence-corrected chi connectivity index (χ0v) is 14.3. The highest BCUT2D eigenvalue weighted by atomic mass is 16.3. The second-order valence-corrected chi connectivity index (χ2v) is 6.67. The molecule has 1 fully saturated rings. The van der Waals surface area contributed by atoms with Gasteiger partial charge in [-0.05, 0) is 36.6 Å². The molecule has 0 spiro atoms. The first-order valence-electron chi connectivity index (χ1n) is 8.47. The lowest BCUT2D eigenvalue weighted by Crippen LogP contribution is -2.23. The van der Waals surface area contributed by atoms with Gasteiger partial charge in [0.25, 0.3) is 0 Å². The summed E-state index contributed by atoms with van der Waals surface area (Å²) in [6.45, 7) is 2.66. The summed E-state index contributed by atoms with van der Waals surface area (Å²) >= 11 is 0. The van der Waals surface area contributed by atoms with Crippen molar-refractivity contribution in [3.8, 4) is 0 Å². The molecular weight excluding hydrogens is 316 g/mol. The molecule has 1 aromatic carbocycles. The molecule has 25 heavy (non-hydrogen) atoms. The molecule has 2 atom stereocenters. The summed E-state index contributed by atoms with van der Waals surface area (Å²) in [5, 5.41) is 0. The maximum Gasteiger partial charge on any atom is 0.246 e. The van der Waals surface area contributed by atoms with Crippen LogP contribution in [0.5, 0.6) is 0 Å². The zero-order chi connectivity index (χ0) is 17.4. The topological polar surface area (TPSA) is 59.5 Å². The molecule has 1 saturated carbocycles. The van der Waals surface area contributed by atoms with Gasteiger partial charge in [0, 0.05) is 25.1 Å². The van der Waals surface area contributed by atoms with E-state index in [0.29, 0.717) is 29.9 Å². The van der Waals surface area contributed by atoms with Crippen molar-refractivity contribution in [3.05, 3.63) is 59.9 Å². The molecule has 0 bridgehead atoms. The Bertz CT molecular complexity index is 904. The van der Waals surface area contributed by atoms with Crippen molar-refractivity contribution >= 4 is 23.1 Å². The average Bonchev–Trinajstić information content (AvgIpc) is 3.01. The van der Waals surface area contributed by atoms with Gasteiger partial charge in [-0.25, -0.2) is 4.98 Å². The quantitative estimate of drug-likeness (QED) is 0.655. The Kier molecular flexibility index (Phi) is 3.92. The molecule has 0 saturated heterocycles. The van der Waals surface area contributed by atoms with Crippen molar-refractivity contribution in [2.75, 3.05) is 7.05 Å². The molecule has 3 aromatic rings. The van der Waals surface area contributed by atoms with E-state index in [0.717, 1.165) is 17.0 Å². The van der Waals surface area contributed by atoms with Crippen molar-refractivity contribution < 1.29 is 13.6 Å². The third-order valence-electron chi connectivity index (χ3n) is 4.61. The third kappa shape index (κ3) is 3.36. The predicted octanol–water partition coefficient (Wildman–Crippen LogP) is 4.22. The van der Waals surface area contributed by atoms with Gasteiger partial charge in [0.15, 0.2) is 5.58 Å². The standard InChI is InChI=1S/C20H20N2O3/c1-13-11-15(13)17-8-7-14(24-17)12-22(2)20(23)10-9-19-21-16-5-3-4-6-18(16)25-19/h3-10,13,15H,11-12H2,1-2H3/b10-9+. The molecule has 5 nitrogen and oxygen atoms in total. The van der Waals surface area contributed by atoms with Crippen LogP contribution < -0.4 is 0 Å². The SMILES string of the molecule is CC1CC1c1ccc(CN(C)C(=O)/C=C/c2nc3ccccc3o2)o1. The maximum atomic E-state index is 12.3. The smallest absolute Gasteiger partial charge is 0.246 e. The molecule has 1 amide bonds. The highest BCUT2D eigenvalue weighted by molar-refractivity contribution is 5.91. The lowest BCUT2D eigenvalue weighted by atomic mass is 10.3. The molecule has 0 N–H and O–H groups in total. The van der Waals surface area contributed by atoms with Gasteiger partial charge in [-0.2, -0.15) is 0 Å². The first-order valence-corrected chi connectivity index (χ1v) is 8.47. The van der Waals surface area contributed by atoms with E-state index in [1.807, 2.05) is 36.4 Å². The Morgan fingerprint density at radius 2 is 2.08 bits per heavy atom. The number of rotatable bonds is 5. The van der Waals surface area contributed by atoms with E-state index in [-0.39, 0.29) is 5.91 Å². The molecule has 4 rings (SSSR count). The molecule has 0 aliphatic heterocycles. The number of carbonyl (C=O) groups is 1. The first kappa shape index (κ1) is 15.7. The van der Waals surface area contributed by atoms with Crippen molar-refractivity contribution in [1.82, 2.24) is 9.88 Å². The van der Waals surface area contributed by atoms with Crippen molar-refractivity contribution in [1.29, 1.82) is 0 Å². The second kappa shape index (κ2) is 6.24. The van der Waals surface area contributed by atoms with Gasteiger partial charge in [-0.15, -0.1) is 0 Å². The number of likely N-dealkylation sites (N-methyl/N-ethyl adjacent to an activating group) is 1. The lowest BCUT2D eigenvalue weighted by molar-refractivity contribution is -0.125.